The highest BCUT2D eigenvalue weighted by Gasteiger charge is 2.09. The highest BCUT2D eigenvalue weighted by Crippen LogP contribution is 2.36. The molecule has 1 N–H and O–H groups in total. The molecule has 0 spiro atoms. The number of halogens is 3. The number of hydrogen-bond donors (Lipinski definition) is 1. The van der Waals surface area contributed by atoms with E-state index in [0.29, 0.717) is 22.6 Å². The van der Waals surface area contributed by atoms with E-state index in [4.69, 9.17) is 23.2 Å². The predicted octanol–water partition coefficient (Wildman–Crippen LogP) is 5.78. The van der Waals surface area contributed by atoms with Crippen LogP contribution in [0, 0.1) is 5.82 Å². The molecule has 2 aromatic rings. The molecule has 0 unspecified atom stereocenters. The zero-order valence-electron chi connectivity index (χ0n) is 11.8. The van der Waals surface area contributed by atoms with Gasteiger partial charge in [-0.2, -0.15) is 0 Å². The Morgan fingerprint density at radius 3 is 2.57 bits per heavy atom. The van der Waals surface area contributed by atoms with Gasteiger partial charge in [-0.15, -0.1) is 0 Å². The largest absolute Gasteiger partial charge is 0.310 e. The maximum atomic E-state index is 13.5. The first kappa shape index (κ1) is 16.6. The van der Waals surface area contributed by atoms with E-state index in [1.165, 1.54) is 17.8 Å². The molecule has 0 aromatic heterocycles. The van der Waals surface area contributed by atoms with Crippen LogP contribution < -0.4 is 5.32 Å². The van der Waals surface area contributed by atoms with Gasteiger partial charge in [-0.05, 0) is 42.0 Å². The van der Waals surface area contributed by atoms with Crippen LogP contribution in [0.3, 0.4) is 0 Å². The van der Waals surface area contributed by atoms with Crippen molar-refractivity contribution in [2.24, 2.45) is 0 Å². The van der Waals surface area contributed by atoms with Gasteiger partial charge < -0.3 is 5.32 Å². The predicted molar refractivity (Wildman–Crippen MR) is 89.0 cm³/mol. The summed E-state index contributed by atoms with van der Waals surface area (Å²) in [5, 5.41) is 4.57. The summed E-state index contributed by atoms with van der Waals surface area (Å²) in [6.45, 7) is 4.72. The molecule has 2 aromatic carbocycles. The molecule has 0 aliphatic heterocycles. The van der Waals surface area contributed by atoms with Gasteiger partial charge in [-0.1, -0.05) is 48.8 Å². The van der Waals surface area contributed by atoms with Gasteiger partial charge in [-0.3, -0.25) is 0 Å². The third-order valence-corrected chi connectivity index (χ3v) is 4.69. The molecular formula is C16H16Cl2FNS. The second-order valence-electron chi connectivity index (χ2n) is 4.96. The molecule has 0 aliphatic carbocycles. The first-order valence-corrected chi connectivity index (χ1v) is 8.17. The maximum absolute atomic E-state index is 13.5. The highest BCUT2D eigenvalue weighted by atomic mass is 35.5. The molecule has 5 heteroatoms. The highest BCUT2D eigenvalue weighted by molar-refractivity contribution is 7.99. The Balaban J connectivity index is 2.28. The quantitative estimate of drug-likeness (QED) is 0.738. The topological polar surface area (TPSA) is 12.0 Å². The van der Waals surface area contributed by atoms with E-state index >= 15 is 0 Å². The molecular weight excluding hydrogens is 328 g/mol. The Morgan fingerprint density at radius 2 is 1.86 bits per heavy atom. The lowest BCUT2D eigenvalue weighted by molar-refractivity contribution is 0.576. The van der Waals surface area contributed by atoms with Gasteiger partial charge in [0.15, 0.2) is 0 Å². The minimum absolute atomic E-state index is 0.239. The van der Waals surface area contributed by atoms with Gasteiger partial charge in [-0.25, -0.2) is 4.39 Å². The Bertz CT molecular complexity index is 632. The third-order valence-electron chi connectivity index (χ3n) is 2.84. The maximum Gasteiger partial charge on any atom is 0.123 e. The van der Waals surface area contributed by atoms with Gasteiger partial charge in [0.2, 0.25) is 0 Å². The average molecular weight is 344 g/mol. The second-order valence-corrected chi connectivity index (χ2v) is 6.89. The monoisotopic (exact) mass is 343 g/mol. The molecule has 0 atom stereocenters. The summed E-state index contributed by atoms with van der Waals surface area (Å²) >= 11 is 13.7. The fourth-order valence-corrected chi connectivity index (χ4v) is 3.23. The van der Waals surface area contributed by atoms with E-state index in [-0.39, 0.29) is 5.82 Å². The van der Waals surface area contributed by atoms with Crippen LogP contribution in [-0.4, -0.2) is 6.04 Å². The molecule has 0 heterocycles. The molecule has 1 nitrogen and oxygen atoms in total. The fraction of sp³-hybridized carbons (Fsp3) is 0.250. The van der Waals surface area contributed by atoms with Crippen LogP contribution in [0.5, 0.6) is 0 Å². The molecule has 0 saturated heterocycles. The van der Waals surface area contributed by atoms with Crippen molar-refractivity contribution in [1.82, 2.24) is 5.32 Å². The Hall–Kier alpha value is -0.740. The molecule has 0 bridgehead atoms. The van der Waals surface area contributed by atoms with Crippen molar-refractivity contribution in [1.29, 1.82) is 0 Å². The lowest BCUT2D eigenvalue weighted by atomic mass is 10.2. The SMILES string of the molecule is CC(C)NCc1cc(F)ccc1Sc1cc(Cl)ccc1Cl. The molecule has 0 fully saturated rings. The van der Waals surface area contributed by atoms with Crippen LogP contribution in [0.1, 0.15) is 19.4 Å². The summed E-state index contributed by atoms with van der Waals surface area (Å²) in [5.74, 6) is -0.239. The molecule has 112 valence electrons. The fourth-order valence-electron chi connectivity index (χ4n) is 1.77. The van der Waals surface area contributed by atoms with Gasteiger partial charge in [0.05, 0.1) is 5.02 Å². The first-order valence-electron chi connectivity index (χ1n) is 6.60. The first-order chi connectivity index (χ1) is 9.95. The summed E-state index contributed by atoms with van der Waals surface area (Å²) in [4.78, 5) is 1.83. The van der Waals surface area contributed by atoms with Crippen LogP contribution in [-0.2, 0) is 6.54 Å². The van der Waals surface area contributed by atoms with E-state index in [9.17, 15) is 4.39 Å². The Kier molecular flexibility index (Phi) is 5.94. The number of hydrogen-bond acceptors (Lipinski definition) is 2. The summed E-state index contributed by atoms with van der Waals surface area (Å²) in [5.41, 5.74) is 0.907. The van der Waals surface area contributed by atoms with Crippen molar-refractivity contribution in [3.05, 3.63) is 57.8 Å². The summed E-state index contributed by atoms with van der Waals surface area (Å²) in [6.07, 6.45) is 0. The molecule has 0 saturated carbocycles. The average Bonchev–Trinajstić information content (AvgIpc) is 2.43. The summed E-state index contributed by atoms with van der Waals surface area (Å²) in [7, 11) is 0. The lowest BCUT2D eigenvalue weighted by Crippen LogP contribution is -2.22. The minimum Gasteiger partial charge on any atom is -0.310 e. The zero-order chi connectivity index (χ0) is 15.4. The van der Waals surface area contributed by atoms with Gasteiger partial charge in [0, 0.05) is 27.4 Å². The smallest absolute Gasteiger partial charge is 0.123 e. The van der Waals surface area contributed by atoms with Gasteiger partial charge in [0.25, 0.3) is 0 Å². The van der Waals surface area contributed by atoms with Crippen LogP contribution >= 0.6 is 35.0 Å². The van der Waals surface area contributed by atoms with Crippen molar-refractivity contribution < 1.29 is 4.39 Å². The van der Waals surface area contributed by atoms with Gasteiger partial charge >= 0.3 is 0 Å². The van der Waals surface area contributed by atoms with Crippen LogP contribution in [0.15, 0.2) is 46.2 Å². The van der Waals surface area contributed by atoms with E-state index in [1.807, 2.05) is 6.07 Å². The van der Waals surface area contributed by atoms with Crippen molar-refractivity contribution in [2.45, 2.75) is 36.2 Å². The Morgan fingerprint density at radius 1 is 1.10 bits per heavy atom. The lowest BCUT2D eigenvalue weighted by Gasteiger charge is -2.13. The van der Waals surface area contributed by atoms with E-state index in [0.717, 1.165) is 15.4 Å². The van der Waals surface area contributed by atoms with Crippen molar-refractivity contribution >= 4 is 35.0 Å². The van der Waals surface area contributed by atoms with Crippen LogP contribution in [0.4, 0.5) is 4.39 Å². The van der Waals surface area contributed by atoms with Crippen LogP contribution in [0.2, 0.25) is 10.0 Å². The third kappa shape index (κ3) is 4.89. The van der Waals surface area contributed by atoms with E-state index in [2.05, 4.69) is 19.2 Å². The van der Waals surface area contributed by atoms with Crippen molar-refractivity contribution in [2.75, 3.05) is 0 Å². The molecule has 0 amide bonds. The Labute approximate surface area is 138 Å². The second kappa shape index (κ2) is 7.50. The molecule has 0 radical (unpaired) electrons. The van der Waals surface area contributed by atoms with E-state index in [1.54, 1.807) is 24.3 Å². The minimum atomic E-state index is -0.239. The van der Waals surface area contributed by atoms with E-state index < -0.39 is 0 Å². The molecule has 21 heavy (non-hydrogen) atoms. The van der Waals surface area contributed by atoms with Crippen molar-refractivity contribution in [3.8, 4) is 0 Å². The number of nitrogens with one attached hydrogen (secondary N) is 1. The van der Waals surface area contributed by atoms with Gasteiger partial charge in [0.1, 0.15) is 5.82 Å². The summed E-state index contributed by atoms with van der Waals surface area (Å²) < 4.78 is 13.5. The van der Waals surface area contributed by atoms with Crippen LogP contribution in [0.25, 0.3) is 0 Å². The summed E-state index contributed by atoms with van der Waals surface area (Å²) in [6, 6.07) is 10.4. The molecule has 2 rings (SSSR count). The number of benzene rings is 2. The molecule has 0 aliphatic rings. The number of rotatable bonds is 5. The standard InChI is InChI=1S/C16H16Cl2FNS/c1-10(2)20-9-11-7-13(19)4-6-15(11)21-16-8-12(17)3-5-14(16)18/h3-8,10,20H,9H2,1-2H3. The normalized spacial score (nSPS) is 11.1. The zero-order valence-corrected chi connectivity index (χ0v) is 14.1. The van der Waals surface area contributed by atoms with Crippen molar-refractivity contribution in [3.63, 3.8) is 0 Å².